The highest BCUT2D eigenvalue weighted by molar-refractivity contribution is 7.89. The van der Waals surface area contributed by atoms with Gasteiger partial charge in [-0.1, -0.05) is 25.6 Å². The topological polar surface area (TPSA) is 107 Å². The van der Waals surface area contributed by atoms with Gasteiger partial charge in [0.1, 0.15) is 19.3 Å². The van der Waals surface area contributed by atoms with Crippen molar-refractivity contribution < 1.29 is 13.2 Å². The van der Waals surface area contributed by atoms with Crippen molar-refractivity contribution in [2.75, 3.05) is 12.4 Å². The number of anilines is 2. The molecule has 0 aliphatic rings. The van der Waals surface area contributed by atoms with E-state index in [1.54, 1.807) is 25.4 Å². The summed E-state index contributed by atoms with van der Waals surface area (Å²) in [4.78, 5) is 8.91. The lowest BCUT2D eigenvalue weighted by Crippen LogP contribution is -2.16. The van der Waals surface area contributed by atoms with Gasteiger partial charge in [-0.25, -0.2) is 23.5 Å². The Hall–Kier alpha value is -2.93. The number of ether oxygens (including phenoxy) is 1. The number of nitrogens with two attached hydrogens (primary N) is 1. The third-order valence-corrected chi connectivity index (χ3v) is 5.69. The van der Waals surface area contributed by atoms with Crippen LogP contribution in [-0.2, 0) is 10.0 Å². The number of sulfonamides is 1. The van der Waals surface area contributed by atoms with E-state index < -0.39 is 18.1 Å². The zero-order valence-corrected chi connectivity index (χ0v) is 18.5. The van der Waals surface area contributed by atoms with Crippen LogP contribution in [0.3, 0.4) is 0 Å². The first-order chi connectivity index (χ1) is 13.5. The third-order valence-electron chi connectivity index (χ3n) is 3.89. The summed E-state index contributed by atoms with van der Waals surface area (Å²) in [6.07, 6.45) is 1.70. The Kier molecular flexibility index (Phi) is 5.61. The fourth-order valence-electron chi connectivity index (χ4n) is 2.52. The fraction of sp³-hybridized carbons (Fsp3) is 0.200. The molecule has 0 aliphatic carbocycles. The smallest absolute Gasteiger partial charge is 0.238 e. The van der Waals surface area contributed by atoms with Crippen LogP contribution < -0.4 is 15.2 Å². The molecule has 9 heteroatoms. The molecule has 0 amide bonds. The highest BCUT2D eigenvalue weighted by Gasteiger charge is 2.11. The van der Waals surface area contributed by atoms with E-state index in [4.69, 9.17) is 9.88 Å². The number of benzene rings is 2. The Bertz CT molecular complexity index is 1220. The van der Waals surface area contributed by atoms with Gasteiger partial charge in [-0.2, -0.15) is 0 Å². The second-order valence-electron chi connectivity index (χ2n) is 7.50. The molecule has 0 radical (unpaired) electrons. The number of hydrogen-bond acceptors (Lipinski definition) is 6. The van der Waals surface area contributed by atoms with Crippen molar-refractivity contribution in [3.63, 3.8) is 0 Å². The molecule has 3 aromatic rings. The molecule has 0 saturated heterocycles. The van der Waals surface area contributed by atoms with Gasteiger partial charge in [0.15, 0.2) is 0 Å². The van der Waals surface area contributed by atoms with Gasteiger partial charge < -0.3 is 10.1 Å². The van der Waals surface area contributed by atoms with Gasteiger partial charge in [-0.05, 0) is 36.4 Å². The first-order valence-electron chi connectivity index (χ1n) is 8.83. The minimum Gasteiger partial charge on any atom is -0.494 e. The van der Waals surface area contributed by atoms with Crippen LogP contribution in [0.25, 0.3) is 10.9 Å². The first-order valence-corrected chi connectivity index (χ1v) is 13.9. The minimum atomic E-state index is -3.73. The summed E-state index contributed by atoms with van der Waals surface area (Å²) in [5, 5.41) is 8.99. The summed E-state index contributed by atoms with van der Waals surface area (Å²) in [6.45, 7) is 6.57. The van der Waals surface area contributed by atoms with Crippen molar-refractivity contribution in [1.29, 1.82) is 0 Å². The molecule has 29 heavy (non-hydrogen) atoms. The van der Waals surface area contributed by atoms with E-state index in [2.05, 4.69) is 46.4 Å². The Morgan fingerprint density at radius 2 is 1.83 bits per heavy atom. The number of nitrogens with one attached hydrogen (secondary N) is 1. The van der Waals surface area contributed by atoms with Gasteiger partial charge in [-0.15, -0.1) is 5.54 Å². The number of methoxy groups -OCH3 is 1. The summed E-state index contributed by atoms with van der Waals surface area (Å²) in [7, 11) is -3.64. The molecule has 0 spiro atoms. The summed E-state index contributed by atoms with van der Waals surface area (Å²) in [6, 6.07) is 9.84. The predicted octanol–water partition coefficient (Wildman–Crippen LogP) is 3.26. The Morgan fingerprint density at radius 1 is 1.14 bits per heavy atom. The lowest BCUT2D eigenvalue weighted by molar-refractivity contribution is 0.419. The van der Waals surface area contributed by atoms with E-state index >= 15 is 0 Å². The molecule has 3 N–H and O–H groups in total. The monoisotopic (exact) mass is 426 g/mol. The SMILES string of the molecule is COc1cc(C#C[Si](C)(C)C)cc2cnc(Nc3ccc(S(N)(=O)=O)cc3)nc12. The molecule has 7 nitrogen and oxygen atoms in total. The number of hydrogen-bond donors (Lipinski definition) is 2. The van der Waals surface area contributed by atoms with Crippen molar-refractivity contribution in [3.05, 3.63) is 48.2 Å². The van der Waals surface area contributed by atoms with Crippen molar-refractivity contribution in [2.45, 2.75) is 24.5 Å². The van der Waals surface area contributed by atoms with Gasteiger partial charge in [0, 0.05) is 22.8 Å². The summed E-state index contributed by atoms with van der Waals surface area (Å²) in [5.74, 6) is 4.19. The molecule has 2 aromatic carbocycles. The summed E-state index contributed by atoms with van der Waals surface area (Å²) >= 11 is 0. The molecule has 0 fully saturated rings. The molecule has 0 bridgehead atoms. The van der Waals surface area contributed by atoms with E-state index in [1.165, 1.54) is 12.1 Å². The molecule has 0 unspecified atom stereocenters. The molecule has 150 valence electrons. The van der Waals surface area contributed by atoms with Crippen LogP contribution in [0.15, 0.2) is 47.5 Å². The van der Waals surface area contributed by atoms with Crippen LogP contribution in [0.2, 0.25) is 19.6 Å². The molecule has 0 aliphatic heterocycles. The van der Waals surface area contributed by atoms with E-state index in [1.807, 2.05) is 12.1 Å². The predicted molar refractivity (Wildman–Crippen MR) is 117 cm³/mol. The molecular formula is C20H22N4O3SSi. The van der Waals surface area contributed by atoms with Gasteiger partial charge in [-0.3, -0.25) is 0 Å². The van der Waals surface area contributed by atoms with Crippen molar-refractivity contribution in [2.24, 2.45) is 5.14 Å². The average Bonchev–Trinajstić information content (AvgIpc) is 2.65. The highest BCUT2D eigenvalue weighted by Crippen LogP contribution is 2.27. The second kappa shape index (κ2) is 7.83. The van der Waals surface area contributed by atoms with Gasteiger partial charge in [0.25, 0.3) is 0 Å². The quantitative estimate of drug-likeness (QED) is 0.490. The van der Waals surface area contributed by atoms with Gasteiger partial charge in [0.2, 0.25) is 16.0 Å². The van der Waals surface area contributed by atoms with Gasteiger partial charge in [0.05, 0.1) is 12.0 Å². The molecule has 1 heterocycles. The maximum atomic E-state index is 11.4. The number of aromatic nitrogens is 2. The van der Waals surface area contributed by atoms with Crippen LogP contribution >= 0.6 is 0 Å². The molecular weight excluding hydrogens is 404 g/mol. The summed E-state index contributed by atoms with van der Waals surface area (Å²) in [5.41, 5.74) is 5.49. The van der Waals surface area contributed by atoms with E-state index in [-0.39, 0.29) is 4.90 Å². The summed E-state index contributed by atoms with van der Waals surface area (Å²) < 4.78 is 28.2. The maximum absolute atomic E-state index is 11.4. The average molecular weight is 427 g/mol. The van der Waals surface area contributed by atoms with Crippen LogP contribution in [0, 0.1) is 11.5 Å². The van der Waals surface area contributed by atoms with Crippen molar-refractivity contribution in [3.8, 4) is 17.2 Å². The van der Waals surface area contributed by atoms with Crippen molar-refractivity contribution >= 4 is 40.6 Å². The standard InChI is InChI=1S/C20H22N4O3SSi/c1-27-18-12-14(9-10-29(2,3)4)11-15-13-22-20(24-19(15)18)23-16-5-7-17(8-6-16)28(21,25)26/h5-8,11-13H,1-4H3,(H2,21,25,26)(H,22,23,24). The van der Waals surface area contributed by atoms with E-state index in [9.17, 15) is 8.42 Å². The zero-order valence-electron chi connectivity index (χ0n) is 16.6. The zero-order chi connectivity index (χ0) is 21.2. The number of rotatable bonds is 4. The van der Waals surface area contributed by atoms with Crippen LogP contribution in [-0.4, -0.2) is 33.6 Å². The Morgan fingerprint density at radius 3 is 2.41 bits per heavy atom. The fourth-order valence-corrected chi connectivity index (χ4v) is 3.55. The molecule has 1 aromatic heterocycles. The highest BCUT2D eigenvalue weighted by atomic mass is 32.2. The Labute approximate surface area is 171 Å². The van der Waals surface area contributed by atoms with Gasteiger partial charge >= 0.3 is 0 Å². The molecule has 0 atom stereocenters. The van der Waals surface area contributed by atoms with Crippen LogP contribution in [0.4, 0.5) is 11.6 Å². The molecule has 3 rings (SSSR count). The van der Waals surface area contributed by atoms with E-state index in [0.29, 0.717) is 22.9 Å². The molecule has 0 saturated carbocycles. The van der Waals surface area contributed by atoms with Crippen molar-refractivity contribution in [1.82, 2.24) is 9.97 Å². The lowest BCUT2D eigenvalue weighted by atomic mass is 10.1. The minimum absolute atomic E-state index is 0.0381. The first kappa shape index (κ1) is 20.8. The number of primary sulfonamides is 1. The second-order valence-corrected chi connectivity index (χ2v) is 13.8. The number of fused-ring (bicyclic) bond motifs is 1. The number of nitrogens with zero attached hydrogens (tertiary/aromatic N) is 2. The maximum Gasteiger partial charge on any atom is 0.238 e. The third kappa shape index (κ3) is 5.32. The normalized spacial score (nSPS) is 11.6. The lowest BCUT2D eigenvalue weighted by Gasteiger charge is -2.10. The van der Waals surface area contributed by atoms with E-state index in [0.717, 1.165) is 10.9 Å². The Balaban J connectivity index is 1.94. The van der Waals surface area contributed by atoms with Crippen LogP contribution in [0.5, 0.6) is 5.75 Å². The largest absolute Gasteiger partial charge is 0.494 e. The van der Waals surface area contributed by atoms with Crippen LogP contribution in [0.1, 0.15) is 5.56 Å².